The van der Waals surface area contributed by atoms with Crippen LogP contribution < -0.4 is 5.32 Å². The highest BCUT2D eigenvalue weighted by Gasteiger charge is 2.06. The van der Waals surface area contributed by atoms with Crippen LogP contribution >= 0.6 is 23.2 Å². The van der Waals surface area contributed by atoms with Crippen LogP contribution in [0.2, 0.25) is 10.0 Å². The molecule has 130 valence electrons. The first-order valence-electron chi connectivity index (χ1n) is 7.58. The molecule has 25 heavy (non-hydrogen) atoms. The molecule has 2 aromatic rings. The zero-order valence-corrected chi connectivity index (χ0v) is 15.4. The van der Waals surface area contributed by atoms with E-state index < -0.39 is 0 Å². The van der Waals surface area contributed by atoms with Crippen LogP contribution in [0.4, 0.5) is 5.69 Å². The first kappa shape index (κ1) is 19.0. The Morgan fingerprint density at radius 1 is 1.04 bits per heavy atom. The first-order valence-corrected chi connectivity index (χ1v) is 8.34. The second-order valence-corrected chi connectivity index (χ2v) is 6.47. The summed E-state index contributed by atoms with van der Waals surface area (Å²) in [5, 5.41) is 3.67. The van der Waals surface area contributed by atoms with E-state index in [0.717, 1.165) is 11.1 Å². The summed E-state index contributed by atoms with van der Waals surface area (Å²) in [5.41, 5.74) is 2.33. The van der Waals surface area contributed by atoms with E-state index in [9.17, 15) is 9.59 Å². The fourth-order valence-corrected chi connectivity index (χ4v) is 2.32. The third-order valence-corrected chi connectivity index (χ3v) is 4.19. The maximum absolute atomic E-state index is 12.0. The molecule has 0 aliphatic carbocycles. The van der Waals surface area contributed by atoms with Crippen LogP contribution in [0.3, 0.4) is 0 Å². The van der Waals surface area contributed by atoms with E-state index in [-0.39, 0.29) is 11.8 Å². The molecule has 0 atom stereocenters. The summed E-state index contributed by atoms with van der Waals surface area (Å²) >= 11 is 11.8. The summed E-state index contributed by atoms with van der Waals surface area (Å²) < 4.78 is 0. The van der Waals surface area contributed by atoms with Crippen molar-refractivity contribution < 1.29 is 9.59 Å². The number of nitrogens with one attached hydrogen (secondary N) is 1. The molecule has 0 bridgehead atoms. The molecule has 2 rings (SSSR count). The van der Waals surface area contributed by atoms with Crippen LogP contribution in [0.1, 0.15) is 11.1 Å². The Bertz CT molecular complexity index is 800. The number of benzene rings is 2. The highest BCUT2D eigenvalue weighted by molar-refractivity contribution is 6.42. The zero-order valence-electron chi connectivity index (χ0n) is 13.9. The molecule has 0 unspecified atom stereocenters. The highest BCUT2D eigenvalue weighted by Crippen LogP contribution is 2.23. The average Bonchev–Trinajstić information content (AvgIpc) is 2.57. The van der Waals surface area contributed by atoms with Gasteiger partial charge in [0.25, 0.3) is 0 Å². The van der Waals surface area contributed by atoms with E-state index in [0.29, 0.717) is 22.2 Å². The lowest BCUT2D eigenvalue weighted by molar-refractivity contribution is -0.128. The minimum atomic E-state index is -0.261. The second kappa shape index (κ2) is 8.70. The topological polar surface area (TPSA) is 49.4 Å². The SMILES string of the molecule is CN(C)C(=O)Cc1ccc(NC(=O)C=Cc2ccc(Cl)c(Cl)c2)cc1. The number of rotatable bonds is 5. The summed E-state index contributed by atoms with van der Waals surface area (Å²) in [7, 11) is 3.44. The van der Waals surface area contributed by atoms with Crippen molar-refractivity contribution in [3.8, 4) is 0 Å². The van der Waals surface area contributed by atoms with Gasteiger partial charge >= 0.3 is 0 Å². The molecule has 0 saturated heterocycles. The largest absolute Gasteiger partial charge is 0.349 e. The van der Waals surface area contributed by atoms with Gasteiger partial charge in [-0.25, -0.2) is 0 Å². The van der Waals surface area contributed by atoms with E-state index in [1.54, 1.807) is 55.4 Å². The molecule has 0 aliphatic heterocycles. The lowest BCUT2D eigenvalue weighted by Crippen LogP contribution is -2.23. The Kier molecular flexibility index (Phi) is 6.62. The molecular weight excluding hydrogens is 359 g/mol. The number of anilines is 1. The van der Waals surface area contributed by atoms with Gasteiger partial charge in [-0.1, -0.05) is 41.4 Å². The molecule has 4 nitrogen and oxygen atoms in total. The van der Waals surface area contributed by atoms with Crippen LogP contribution in [0.25, 0.3) is 6.08 Å². The smallest absolute Gasteiger partial charge is 0.248 e. The second-order valence-electron chi connectivity index (χ2n) is 5.66. The highest BCUT2D eigenvalue weighted by atomic mass is 35.5. The van der Waals surface area contributed by atoms with Crippen LogP contribution in [0.15, 0.2) is 48.5 Å². The third kappa shape index (κ3) is 5.93. The van der Waals surface area contributed by atoms with E-state index in [4.69, 9.17) is 23.2 Å². The molecule has 0 fully saturated rings. The predicted octanol–water partition coefficient (Wildman–Crippen LogP) is 4.28. The standard InChI is InChI=1S/C19H18Cl2N2O2/c1-23(2)19(25)12-14-3-7-15(8-4-14)22-18(24)10-6-13-5-9-16(20)17(21)11-13/h3-11H,12H2,1-2H3,(H,22,24). The van der Waals surface area contributed by atoms with Crippen LogP contribution in [-0.2, 0) is 16.0 Å². The van der Waals surface area contributed by atoms with Gasteiger partial charge in [0.05, 0.1) is 16.5 Å². The van der Waals surface area contributed by atoms with E-state index in [2.05, 4.69) is 5.32 Å². The Morgan fingerprint density at radius 2 is 1.72 bits per heavy atom. The van der Waals surface area contributed by atoms with Gasteiger partial charge in [0.2, 0.25) is 11.8 Å². The Hall–Kier alpha value is -2.30. The number of carbonyl (C=O) groups is 2. The van der Waals surface area contributed by atoms with Gasteiger partial charge < -0.3 is 10.2 Å². The van der Waals surface area contributed by atoms with Gasteiger partial charge in [0.1, 0.15) is 0 Å². The molecule has 0 radical (unpaired) electrons. The van der Waals surface area contributed by atoms with Gasteiger partial charge in [-0.3, -0.25) is 9.59 Å². The molecule has 2 aromatic carbocycles. The zero-order chi connectivity index (χ0) is 18.4. The summed E-state index contributed by atoms with van der Waals surface area (Å²) in [6, 6.07) is 12.3. The van der Waals surface area contributed by atoms with Crippen molar-refractivity contribution in [2.75, 3.05) is 19.4 Å². The van der Waals surface area contributed by atoms with E-state index in [1.165, 1.54) is 6.08 Å². The van der Waals surface area contributed by atoms with E-state index >= 15 is 0 Å². The van der Waals surface area contributed by atoms with Crippen molar-refractivity contribution >= 4 is 46.8 Å². The minimum absolute atomic E-state index is 0.0290. The van der Waals surface area contributed by atoms with Crippen molar-refractivity contribution in [2.24, 2.45) is 0 Å². The number of likely N-dealkylation sites (N-methyl/N-ethyl adjacent to an activating group) is 1. The van der Waals surface area contributed by atoms with Crippen molar-refractivity contribution in [3.05, 3.63) is 69.7 Å². The van der Waals surface area contributed by atoms with Crippen LogP contribution in [-0.4, -0.2) is 30.8 Å². The van der Waals surface area contributed by atoms with Crippen molar-refractivity contribution in [3.63, 3.8) is 0 Å². The third-order valence-electron chi connectivity index (χ3n) is 3.45. The van der Waals surface area contributed by atoms with Gasteiger partial charge in [-0.05, 0) is 41.5 Å². The molecule has 6 heteroatoms. The quantitative estimate of drug-likeness (QED) is 0.791. The maximum Gasteiger partial charge on any atom is 0.248 e. The fourth-order valence-electron chi connectivity index (χ4n) is 2.01. The van der Waals surface area contributed by atoms with Gasteiger partial charge in [-0.2, -0.15) is 0 Å². The van der Waals surface area contributed by atoms with Gasteiger partial charge in [0, 0.05) is 25.9 Å². The molecular formula is C19H18Cl2N2O2. The lowest BCUT2D eigenvalue weighted by atomic mass is 10.1. The maximum atomic E-state index is 12.0. The Labute approximate surface area is 157 Å². The normalized spacial score (nSPS) is 10.7. The molecule has 2 amide bonds. The average molecular weight is 377 g/mol. The predicted molar refractivity (Wildman–Crippen MR) is 103 cm³/mol. The summed E-state index contributed by atoms with van der Waals surface area (Å²) in [4.78, 5) is 25.2. The fraction of sp³-hybridized carbons (Fsp3) is 0.158. The van der Waals surface area contributed by atoms with Gasteiger partial charge in [0.15, 0.2) is 0 Å². The Balaban J connectivity index is 1.94. The number of carbonyl (C=O) groups excluding carboxylic acids is 2. The van der Waals surface area contributed by atoms with Crippen molar-refractivity contribution in [1.29, 1.82) is 0 Å². The van der Waals surface area contributed by atoms with Crippen LogP contribution in [0, 0.1) is 0 Å². The first-order chi connectivity index (χ1) is 11.8. The molecule has 0 saturated carbocycles. The molecule has 0 aliphatic rings. The van der Waals surface area contributed by atoms with Crippen molar-refractivity contribution in [2.45, 2.75) is 6.42 Å². The molecule has 0 spiro atoms. The van der Waals surface area contributed by atoms with E-state index in [1.807, 2.05) is 12.1 Å². The lowest BCUT2D eigenvalue weighted by Gasteiger charge is -2.10. The molecule has 0 aromatic heterocycles. The molecule has 0 heterocycles. The molecule has 1 N–H and O–H groups in total. The van der Waals surface area contributed by atoms with Gasteiger partial charge in [-0.15, -0.1) is 0 Å². The number of amides is 2. The number of hydrogen-bond donors (Lipinski definition) is 1. The Morgan fingerprint density at radius 3 is 2.32 bits per heavy atom. The summed E-state index contributed by atoms with van der Waals surface area (Å²) in [5.74, 6) is -0.232. The van der Waals surface area contributed by atoms with Crippen molar-refractivity contribution in [1.82, 2.24) is 4.90 Å². The van der Waals surface area contributed by atoms with Crippen LogP contribution in [0.5, 0.6) is 0 Å². The number of nitrogens with zero attached hydrogens (tertiary/aromatic N) is 1. The summed E-state index contributed by atoms with van der Waals surface area (Å²) in [6.45, 7) is 0. The number of hydrogen-bond acceptors (Lipinski definition) is 2. The monoisotopic (exact) mass is 376 g/mol. The number of halogens is 2. The summed E-state index contributed by atoms with van der Waals surface area (Å²) in [6.07, 6.45) is 3.41. The minimum Gasteiger partial charge on any atom is -0.349 e.